The molecule has 3 N–H and O–H groups in total. The predicted molar refractivity (Wildman–Crippen MR) is 60.9 cm³/mol. The Morgan fingerprint density at radius 2 is 2.00 bits per heavy atom. The maximum Gasteiger partial charge on any atom is 0.0619 e. The van der Waals surface area contributed by atoms with Gasteiger partial charge in [0.2, 0.25) is 0 Å². The van der Waals surface area contributed by atoms with Gasteiger partial charge in [0.05, 0.1) is 6.61 Å². The molecule has 2 fully saturated rings. The molecule has 2 aliphatic rings. The number of rotatable bonds is 2. The second kappa shape index (κ2) is 4.78. The van der Waals surface area contributed by atoms with Gasteiger partial charge in [-0.15, -0.1) is 0 Å². The Labute approximate surface area is 92.0 Å². The first-order valence-corrected chi connectivity index (χ1v) is 6.07. The van der Waals surface area contributed by atoms with Gasteiger partial charge in [0, 0.05) is 31.7 Å². The van der Waals surface area contributed by atoms with Crippen molar-refractivity contribution in [2.75, 3.05) is 45.9 Å². The van der Waals surface area contributed by atoms with E-state index in [1.165, 1.54) is 0 Å². The minimum atomic E-state index is 0.0351. The SMILES string of the molecule is CC1CNCCC1(CO)N1CCNCC1. The number of hydrogen-bond donors (Lipinski definition) is 3. The van der Waals surface area contributed by atoms with Gasteiger partial charge in [0.1, 0.15) is 0 Å². The number of hydrogen-bond acceptors (Lipinski definition) is 4. The highest BCUT2D eigenvalue weighted by Gasteiger charge is 2.42. The second-order valence-corrected chi connectivity index (χ2v) is 4.85. The zero-order chi connectivity index (χ0) is 10.7. The largest absolute Gasteiger partial charge is 0.394 e. The Morgan fingerprint density at radius 1 is 1.27 bits per heavy atom. The average Bonchev–Trinajstić information content (AvgIpc) is 2.31. The van der Waals surface area contributed by atoms with Crippen LogP contribution in [0.4, 0.5) is 0 Å². The molecular weight excluding hydrogens is 190 g/mol. The minimum absolute atomic E-state index is 0.0351. The maximum absolute atomic E-state index is 9.77. The van der Waals surface area contributed by atoms with Crippen LogP contribution < -0.4 is 10.6 Å². The fraction of sp³-hybridized carbons (Fsp3) is 1.00. The molecule has 0 aromatic heterocycles. The highest BCUT2D eigenvalue weighted by molar-refractivity contribution is 4.99. The summed E-state index contributed by atoms with van der Waals surface area (Å²) in [5.41, 5.74) is 0.0351. The standard InChI is InChI=1S/C11H23N3O/c1-10-8-13-3-2-11(10,9-15)14-6-4-12-5-7-14/h10,12-13,15H,2-9H2,1H3. The summed E-state index contributed by atoms with van der Waals surface area (Å²) in [6.45, 7) is 8.89. The van der Waals surface area contributed by atoms with Gasteiger partial charge in [0.25, 0.3) is 0 Å². The van der Waals surface area contributed by atoms with E-state index in [1.807, 2.05) is 0 Å². The van der Waals surface area contributed by atoms with E-state index in [1.54, 1.807) is 0 Å². The molecule has 0 amide bonds. The van der Waals surface area contributed by atoms with E-state index in [2.05, 4.69) is 22.5 Å². The van der Waals surface area contributed by atoms with Crippen LogP contribution in [0.2, 0.25) is 0 Å². The van der Waals surface area contributed by atoms with Crippen LogP contribution in [0.1, 0.15) is 13.3 Å². The van der Waals surface area contributed by atoms with Crippen molar-refractivity contribution in [2.45, 2.75) is 18.9 Å². The number of piperazine rings is 1. The van der Waals surface area contributed by atoms with Gasteiger partial charge in [0.15, 0.2) is 0 Å². The Kier molecular flexibility index (Phi) is 3.61. The quantitative estimate of drug-likeness (QED) is 0.565. The monoisotopic (exact) mass is 213 g/mol. The van der Waals surface area contributed by atoms with E-state index in [4.69, 9.17) is 0 Å². The number of nitrogens with one attached hydrogen (secondary N) is 2. The van der Waals surface area contributed by atoms with E-state index in [9.17, 15) is 5.11 Å². The zero-order valence-corrected chi connectivity index (χ0v) is 9.63. The zero-order valence-electron chi connectivity index (χ0n) is 9.63. The Bertz CT molecular complexity index is 206. The van der Waals surface area contributed by atoms with Gasteiger partial charge in [-0.1, -0.05) is 6.92 Å². The van der Waals surface area contributed by atoms with E-state index < -0.39 is 0 Å². The van der Waals surface area contributed by atoms with Gasteiger partial charge < -0.3 is 15.7 Å². The summed E-state index contributed by atoms with van der Waals surface area (Å²) in [7, 11) is 0. The molecule has 0 aliphatic carbocycles. The molecule has 2 heterocycles. The number of piperidine rings is 1. The highest BCUT2D eigenvalue weighted by Crippen LogP contribution is 2.30. The molecule has 2 rings (SSSR count). The Hall–Kier alpha value is -0.160. The highest BCUT2D eigenvalue weighted by atomic mass is 16.3. The van der Waals surface area contributed by atoms with Crippen LogP contribution in [0.15, 0.2) is 0 Å². The number of aliphatic hydroxyl groups excluding tert-OH is 1. The topological polar surface area (TPSA) is 47.5 Å². The summed E-state index contributed by atoms with van der Waals surface area (Å²) in [5, 5.41) is 16.6. The van der Waals surface area contributed by atoms with Crippen LogP contribution in [-0.4, -0.2) is 61.4 Å². The molecular formula is C11H23N3O. The summed E-state index contributed by atoms with van der Waals surface area (Å²) in [6.07, 6.45) is 1.07. The first kappa shape index (κ1) is 11.3. The van der Waals surface area contributed by atoms with Crippen molar-refractivity contribution >= 4 is 0 Å². The smallest absolute Gasteiger partial charge is 0.0619 e. The van der Waals surface area contributed by atoms with Crippen molar-refractivity contribution in [1.29, 1.82) is 0 Å². The van der Waals surface area contributed by atoms with Crippen molar-refractivity contribution in [3.8, 4) is 0 Å². The molecule has 4 heteroatoms. The average molecular weight is 213 g/mol. The summed E-state index contributed by atoms with van der Waals surface area (Å²) in [6, 6.07) is 0. The Morgan fingerprint density at radius 3 is 2.60 bits per heavy atom. The molecule has 2 aliphatic heterocycles. The molecule has 4 nitrogen and oxygen atoms in total. The van der Waals surface area contributed by atoms with Gasteiger partial charge >= 0.3 is 0 Å². The lowest BCUT2D eigenvalue weighted by Crippen LogP contribution is -2.65. The normalized spacial score (nSPS) is 39.2. The molecule has 2 unspecified atom stereocenters. The predicted octanol–water partition coefficient (Wildman–Crippen LogP) is -0.748. The summed E-state index contributed by atoms with van der Waals surface area (Å²) < 4.78 is 0. The lowest BCUT2D eigenvalue weighted by Gasteiger charge is -2.51. The van der Waals surface area contributed by atoms with Gasteiger partial charge in [-0.2, -0.15) is 0 Å². The molecule has 0 radical (unpaired) electrons. The van der Waals surface area contributed by atoms with E-state index >= 15 is 0 Å². The van der Waals surface area contributed by atoms with Gasteiger partial charge in [-0.3, -0.25) is 4.90 Å². The molecule has 0 bridgehead atoms. The third-order valence-corrected chi connectivity index (χ3v) is 4.12. The molecule has 0 aromatic carbocycles. The summed E-state index contributed by atoms with van der Waals surface area (Å²) in [4.78, 5) is 2.50. The van der Waals surface area contributed by atoms with Crippen molar-refractivity contribution in [3.63, 3.8) is 0 Å². The minimum Gasteiger partial charge on any atom is -0.394 e. The summed E-state index contributed by atoms with van der Waals surface area (Å²) >= 11 is 0. The van der Waals surface area contributed by atoms with Crippen LogP contribution in [0, 0.1) is 5.92 Å². The van der Waals surface area contributed by atoms with Crippen molar-refractivity contribution in [2.24, 2.45) is 5.92 Å². The molecule has 88 valence electrons. The van der Waals surface area contributed by atoms with Crippen LogP contribution in [-0.2, 0) is 0 Å². The van der Waals surface area contributed by atoms with Crippen molar-refractivity contribution in [3.05, 3.63) is 0 Å². The lowest BCUT2D eigenvalue weighted by molar-refractivity contribution is -0.0353. The van der Waals surface area contributed by atoms with Crippen LogP contribution >= 0.6 is 0 Å². The van der Waals surface area contributed by atoms with E-state index in [0.29, 0.717) is 12.5 Å². The molecule has 2 saturated heterocycles. The fourth-order valence-corrected chi connectivity index (χ4v) is 2.97. The second-order valence-electron chi connectivity index (χ2n) is 4.85. The number of nitrogens with zero attached hydrogens (tertiary/aromatic N) is 1. The van der Waals surface area contributed by atoms with Gasteiger partial charge in [-0.05, 0) is 25.4 Å². The molecule has 0 saturated carbocycles. The van der Waals surface area contributed by atoms with Crippen LogP contribution in [0.5, 0.6) is 0 Å². The lowest BCUT2D eigenvalue weighted by atomic mass is 9.78. The van der Waals surface area contributed by atoms with Crippen LogP contribution in [0.3, 0.4) is 0 Å². The fourth-order valence-electron chi connectivity index (χ4n) is 2.97. The van der Waals surface area contributed by atoms with Gasteiger partial charge in [-0.25, -0.2) is 0 Å². The van der Waals surface area contributed by atoms with Crippen molar-refractivity contribution in [1.82, 2.24) is 15.5 Å². The Balaban J connectivity index is 2.10. The molecule has 0 spiro atoms. The van der Waals surface area contributed by atoms with Crippen molar-refractivity contribution < 1.29 is 5.11 Å². The van der Waals surface area contributed by atoms with E-state index in [-0.39, 0.29) is 5.54 Å². The van der Waals surface area contributed by atoms with Crippen LogP contribution in [0.25, 0.3) is 0 Å². The van der Waals surface area contributed by atoms with E-state index in [0.717, 1.165) is 45.7 Å². The third kappa shape index (κ3) is 2.04. The first-order chi connectivity index (χ1) is 7.29. The molecule has 15 heavy (non-hydrogen) atoms. The molecule has 2 atom stereocenters. The number of aliphatic hydroxyl groups is 1. The maximum atomic E-state index is 9.77. The summed E-state index contributed by atoms with van der Waals surface area (Å²) in [5.74, 6) is 0.536. The third-order valence-electron chi connectivity index (χ3n) is 4.12. The molecule has 0 aromatic rings. The first-order valence-electron chi connectivity index (χ1n) is 6.07.